The fraction of sp³-hybridized carbons (Fsp3) is 0.583. The Hall–Kier alpha value is -1.83. The van der Waals surface area contributed by atoms with Gasteiger partial charge >= 0.3 is 0 Å². The summed E-state index contributed by atoms with van der Waals surface area (Å²) in [5.41, 5.74) is -0.727. The summed E-state index contributed by atoms with van der Waals surface area (Å²) in [5.74, 6) is -0.100. The molecule has 0 atom stereocenters. The number of carbonyl (C=O) groups excluding carboxylic acids is 1. The Morgan fingerprint density at radius 2 is 2.41 bits per heavy atom. The molecule has 1 amide bonds. The first-order chi connectivity index (χ1) is 8.27. The number of rotatable bonds is 5. The van der Waals surface area contributed by atoms with Crippen LogP contribution in [0.1, 0.15) is 25.7 Å². The number of carbonyl (C=O) groups is 1. The van der Waals surface area contributed by atoms with Gasteiger partial charge in [-0.2, -0.15) is 5.26 Å². The lowest BCUT2D eigenvalue weighted by atomic mass is 9.69. The van der Waals surface area contributed by atoms with E-state index in [1.165, 1.54) is 0 Å². The Morgan fingerprint density at radius 1 is 1.59 bits per heavy atom. The molecule has 0 spiro atoms. The third-order valence-corrected chi connectivity index (χ3v) is 3.29. The van der Waals surface area contributed by atoms with E-state index >= 15 is 0 Å². The van der Waals surface area contributed by atoms with E-state index in [0.717, 1.165) is 19.4 Å². The molecule has 5 nitrogen and oxygen atoms in total. The van der Waals surface area contributed by atoms with Crippen LogP contribution in [-0.2, 0) is 11.3 Å². The number of nitriles is 1. The molecular weight excluding hydrogens is 216 g/mol. The molecule has 1 N–H and O–H groups in total. The van der Waals surface area contributed by atoms with Crippen molar-refractivity contribution in [1.82, 2.24) is 14.9 Å². The monoisotopic (exact) mass is 232 g/mol. The molecule has 0 bridgehead atoms. The topological polar surface area (TPSA) is 70.7 Å². The number of aryl methyl sites for hydroxylation is 1. The fourth-order valence-electron chi connectivity index (χ4n) is 1.97. The molecule has 1 aliphatic carbocycles. The lowest BCUT2D eigenvalue weighted by Gasteiger charge is -2.33. The maximum Gasteiger partial charge on any atom is 0.240 e. The van der Waals surface area contributed by atoms with Crippen LogP contribution in [0, 0.1) is 16.7 Å². The molecule has 1 saturated carbocycles. The van der Waals surface area contributed by atoms with Crippen molar-refractivity contribution in [3.63, 3.8) is 0 Å². The predicted molar refractivity (Wildman–Crippen MR) is 61.8 cm³/mol. The van der Waals surface area contributed by atoms with Gasteiger partial charge < -0.3 is 9.88 Å². The lowest BCUT2D eigenvalue weighted by Crippen LogP contribution is -2.45. The van der Waals surface area contributed by atoms with Gasteiger partial charge in [0.05, 0.1) is 12.4 Å². The highest BCUT2D eigenvalue weighted by Gasteiger charge is 2.44. The molecule has 1 aliphatic rings. The van der Waals surface area contributed by atoms with E-state index in [4.69, 9.17) is 5.26 Å². The van der Waals surface area contributed by atoms with Gasteiger partial charge in [-0.15, -0.1) is 0 Å². The third kappa shape index (κ3) is 2.47. The van der Waals surface area contributed by atoms with Gasteiger partial charge in [-0.05, 0) is 25.7 Å². The molecule has 0 saturated heterocycles. The van der Waals surface area contributed by atoms with Gasteiger partial charge in [0.25, 0.3) is 0 Å². The maximum atomic E-state index is 11.8. The zero-order valence-corrected chi connectivity index (χ0v) is 9.72. The van der Waals surface area contributed by atoms with Gasteiger partial charge in [-0.1, -0.05) is 0 Å². The summed E-state index contributed by atoms with van der Waals surface area (Å²) in [6.07, 6.45) is 8.62. The van der Waals surface area contributed by atoms with Crippen LogP contribution < -0.4 is 5.32 Å². The molecule has 5 heteroatoms. The van der Waals surface area contributed by atoms with Gasteiger partial charge in [-0.3, -0.25) is 4.79 Å². The second kappa shape index (κ2) is 5.00. The van der Waals surface area contributed by atoms with Crippen molar-refractivity contribution in [3.05, 3.63) is 18.7 Å². The molecule has 1 aromatic rings. The Morgan fingerprint density at radius 3 is 2.94 bits per heavy atom. The number of nitrogens with zero attached hydrogens (tertiary/aromatic N) is 3. The van der Waals surface area contributed by atoms with Crippen molar-refractivity contribution in [3.8, 4) is 6.07 Å². The van der Waals surface area contributed by atoms with Crippen LogP contribution in [0.5, 0.6) is 0 Å². The molecule has 0 unspecified atom stereocenters. The molecule has 0 aliphatic heterocycles. The van der Waals surface area contributed by atoms with E-state index < -0.39 is 5.41 Å². The third-order valence-electron chi connectivity index (χ3n) is 3.29. The van der Waals surface area contributed by atoms with Crippen LogP contribution in [0.2, 0.25) is 0 Å². The highest BCUT2D eigenvalue weighted by atomic mass is 16.2. The van der Waals surface area contributed by atoms with Crippen LogP contribution in [0.15, 0.2) is 18.7 Å². The van der Waals surface area contributed by atoms with Crippen LogP contribution in [-0.4, -0.2) is 22.0 Å². The van der Waals surface area contributed by atoms with Crippen LogP contribution in [0.3, 0.4) is 0 Å². The quantitative estimate of drug-likeness (QED) is 0.772. The molecule has 0 radical (unpaired) electrons. The highest BCUT2D eigenvalue weighted by molar-refractivity contribution is 5.86. The summed E-state index contributed by atoms with van der Waals surface area (Å²) in [5, 5.41) is 11.8. The minimum Gasteiger partial charge on any atom is -0.355 e. The average molecular weight is 232 g/mol. The first-order valence-electron chi connectivity index (χ1n) is 5.92. The molecule has 1 aromatic heterocycles. The second-order valence-corrected chi connectivity index (χ2v) is 4.46. The van der Waals surface area contributed by atoms with Crippen molar-refractivity contribution >= 4 is 5.91 Å². The Labute approximate surface area is 100 Å². The largest absolute Gasteiger partial charge is 0.355 e. The van der Waals surface area contributed by atoms with Crippen molar-refractivity contribution in [2.45, 2.75) is 32.2 Å². The molecule has 0 aromatic carbocycles. The van der Waals surface area contributed by atoms with Crippen molar-refractivity contribution in [1.29, 1.82) is 5.26 Å². The van der Waals surface area contributed by atoms with Crippen molar-refractivity contribution in [2.75, 3.05) is 6.54 Å². The SMILES string of the molecule is N#CC1(C(=O)NCCCn2ccnc2)CCC1. The number of aromatic nitrogens is 2. The number of nitrogens with one attached hydrogen (secondary N) is 1. The zero-order valence-electron chi connectivity index (χ0n) is 9.72. The van der Waals surface area contributed by atoms with Crippen LogP contribution in [0.4, 0.5) is 0 Å². The van der Waals surface area contributed by atoms with Gasteiger partial charge in [0.15, 0.2) is 0 Å². The van der Waals surface area contributed by atoms with Gasteiger partial charge in [0, 0.05) is 25.5 Å². The van der Waals surface area contributed by atoms with E-state index in [2.05, 4.69) is 16.4 Å². The summed E-state index contributed by atoms with van der Waals surface area (Å²) < 4.78 is 1.97. The average Bonchev–Trinajstić information content (AvgIpc) is 2.76. The van der Waals surface area contributed by atoms with Crippen molar-refractivity contribution in [2.24, 2.45) is 5.41 Å². The maximum absolute atomic E-state index is 11.8. The summed E-state index contributed by atoms with van der Waals surface area (Å²) in [6, 6.07) is 2.14. The van der Waals surface area contributed by atoms with Crippen molar-refractivity contribution < 1.29 is 4.79 Å². The number of hydrogen-bond acceptors (Lipinski definition) is 3. The number of imidazole rings is 1. The molecule has 1 fully saturated rings. The first-order valence-corrected chi connectivity index (χ1v) is 5.92. The van der Waals surface area contributed by atoms with E-state index in [-0.39, 0.29) is 5.91 Å². The Kier molecular flexibility index (Phi) is 3.43. The molecular formula is C12H16N4O. The summed E-state index contributed by atoms with van der Waals surface area (Å²) in [6.45, 7) is 1.44. The number of hydrogen-bond donors (Lipinski definition) is 1. The van der Waals surface area contributed by atoms with Gasteiger partial charge in [0.1, 0.15) is 5.41 Å². The molecule has 17 heavy (non-hydrogen) atoms. The fourth-order valence-corrected chi connectivity index (χ4v) is 1.97. The minimum atomic E-state index is -0.727. The molecule has 1 heterocycles. The van der Waals surface area contributed by atoms with E-state index in [9.17, 15) is 4.79 Å². The minimum absolute atomic E-state index is 0.100. The second-order valence-electron chi connectivity index (χ2n) is 4.46. The Bertz CT molecular complexity index is 414. The first kappa shape index (κ1) is 11.6. The Balaban J connectivity index is 1.69. The standard InChI is InChI=1S/C12H16N4O/c13-9-12(3-1-4-12)11(17)15-5-2-7-16-8-6-14-10-16/h6,8,10H,1-5,7H2,(H,15,17). The summed E-state index contributed by atoms with van der Waals surface area (Å²) in [7, 11) is 0. The number of amides is 1. The highest BCUT2D eigenvalue weighted by Crippen LogP contribution is 2.40. The van der Waals surface area contributed by atoms with Gasteiger partial charge in [-0.25, -0.2) is 4.98 Å². The van der Waals surface area contributed by atoms with E-state index in [0.29, 0.717) is 19.4 Å². The van der Waals surface area contributed by atoms with E-state index in [1.807, 2.05) is 10.8 Å². The van der Waals surface area contributed by atoms with E-state index in [1.54, 1.807) is 12.5 Å². The summed E-state index contributed by atoms with van der Waals surface area (Å²) in [4.78, 5) is 15.7. The molecule has 2 rings (SSSR count). The van der Waals surface area contributed by atoms with Gasteiger partial charge in [0.2, 0.25) is 5.91 Å². The zero-order chi connectivity index (χ0) is 12.1. The smallest absolute Gasteiger partial charge is 0.240 e. The molecule has 90 valence electrons. The van der Waals surface area contributed by atoms with Crippen LogP contribution in [0.25, 0.3) is 0 Å². The normalized spacial score (nSPS) is 16.9. The summed E-state index contributed by atoms with van der Waals surface area (Å²) >= 11 is 0. The van der Waals surface area contributed by atoms with Crippen LogP contribution >= 0.6 is 0 Å². The predicted octanol–water partition coefficient (Wildman–Crippen LogP) is 1.08. The lowest BCUT2D eigenvalue weighted by molar-refractivity contribution is -0.131.